The number of aromatic nitrogens is 5. The van der Waals surface area contributed by atoms with Crippen LogP contribution in [0, 0.1) is 0 Å². The van der Waals surface area contributed by atoms with Crippen molar-refractivity contribution in [3.63, 3.8) is 0 Å². The smallest absolute Gasteiger partial charge is 0.249 e. The lowest BCUT2D eigenvalue weighted by atomic mass is 10.1. The van der Waals surface area contributed by atoms with Gasteiger partial charge in [-0.05, 0) is 29.8 Å². The fourth-order valence-electron chi connectivity index (χ4n) is 4.53. The second-order valence-corrected chi connectivity index (χ2v) is 9.06. The third kappa shape index (κ3) is 4.86. The summed E-state index contributed by atoms with van der Waals surface area (Å²) in [5.41, 5.74) is 1.59. The highest BCUT2D eigenvalue weighted by Crippen LogP contribution is 2.33. The number of nitrogens with one attached hydrogen (secondary N) is 1. The maximum Gasteiger partial charge on any atom is 0.249 e. The predicted octanol–water partition coefficient (Wildman–Crippen LogP) is 2.17. The Kier molecular flexibility index (Phi) is 6.54. The minimum absolute atomic E-state index is 0.0830. The van der Waals surface area contributed by atoms with Crippen LogP contribution in [0.3, 0.4) is 0 Å². The third-order valence-corrected chi connectivity index (χ3v) is 6.54. The van der Waals surface area contributed by atoms with Gasteiger partial charge in [0.25, 0.3) is 0 Å². The van der Waals surface area contributed by atoms with Crippen LogP contribution in [0.5, 0.6) is 11.5 Å². The molecule has 2 aliphatic rings. The third-order valence-electron chi connectivity index (χ3n) is 6.34. The van der Waals surface area contributed by atoms with E-state index in [1.807, 2.05) is 29.0 Å². The van der Waals surface area contributed by atoms with Gasteiger partial charge < -0.3 is 24.6 Å². The first-order valence-corrected chi connectivity index (χ1v) is 12.4. The van der Waals surface area contributed by atoms with E-state index >= 15 is 0 Å². The molecule has 1 aromatic carbocycles. The van der Waals surface area contributed by atoms with E-state index in [-0.39, 0.29) is 30.1 Å². The largest absolute Gasteiger partial charge is 0.454 e. The topological polar surface area (TPSA) is 128 Å². The lowest BCUT2D eigenvalue weighted by Gasteiger charge is -2.42. The van der Waals surface area contributed by atoms with Gasteiger partial charge in [0.05, 0.1) is 11.9 Å². The molecular formula is C26H21ClN8O4. The quantitative estimate of drug-likeness (QED) is 0.285. The molecule has 1 amide bonds. The zero-order chi connectivity index (χ0) is 26.8. The molecule has 1 N–H and O–H groups in total. The summed E-state index contributed by atoms with van der Waals surface area (Å²) in [7, 11) is 0. The summed E-state index contributed by atoms with van der Waals surface area (Å²) in [6.07, 6.45) is 8.10. The lowest BCUT2D eigenvalue weighted by molar-refractivity contribution is -0.121. The molecule has 1 saturated heterocycles. The summed E-state index contributed by atoms with van der Waals surface area (Å²) >= 11 is 6.32. The maximum atomic E-state index is 13.7. The summed E-state index contributed by atoms with van der Waals surface area (Å²) < 4.78 is 12.4. The molecule has 13 heteroatoms. The van der Waals surface area contributed by atoms with Crippen LogP contribution in [-0.4, -0.2) is 62.3 Å². The van der Waals surface area contributed by atoms with Gasteiger partial charge in [-0.3, -0.25) is 14.3 Å². The average molecular weight is 545 g/mol. The number of imidazole rings is 1. The number of rotatable bonds is 6. The first-order valence-electron chi connectivity index (χ1n) is 12.0. The Morgan fingerprint density at radius 2 is 2.00 bits per heavy atom. The molecule has 5 heterocycles. The van der Waals surface area contributed by atoms with E-state index in [9.17, 15) is 9.59 Å². The monoisotopic (exact) mass is 544 g/mol. The van der Waals surface area contributed by atoms with Crippen LogP contribution >= 0.6 is 11.6 Å². The van der Waals surface area contributed by atoms with Gasteiger partial charge in [0, 0.05) is 44.3 Å². The standard InChI is InChI=1S/C26H21ClN8O4/c27-22-11-23(32-26(31-22)33-7-6-29-15-33)35-9-8-34(18-2-1-5-28-13-18)24(19(35)14-36)25(37)30-12-17-3-4-20-21(10-17)39-16-38-20/h1-7,10-11,13,15,24H,8-9,12,16H2,(H,30,37). The van der Waals surface area contributed by atoms with E-state index in [0.717, 1.165) is 5.56 Å². The van der Waals surface area contributed by atoms with Crippen molar-refractivity contribution in [1.29, 1.82) is 0 Å². The molecule has 1 fully saturated rings. The molecule has 0 spiro atoms. The number of hydrogen-bond donors (Lipinski definition) is 1. The molecule has 0 saturated carbocycles. The van der Waals surface area contributed by atoms with Crippen LogP contribution in [0.2, 0.25) is 5.15 Å². The van der Waals surface area contributed by atoms with Gasteiger partial charge in [0.15, 0.2) is 17.5 Å². The van der Waals surface area contributed by atoms with E-state index < -0.39 is 11.9 Å². The molecule has 12 nitrogen and oxygen atoms in total. The molecule has 196 valence electrons. The Bertz CT molecular complexity index is 1560. The van der Waals surface area contributed by atoms with E-state index in [4.69, 9.17) is 21.1 Å². The number of carbonyl (C=O) groups excluding carboxylic acids is 2. The molecule has 0 aliphatic carbocycles. The molecule has 6 rings (SSSR count). The van der Waals surface area contributed by atoms with Crippen molar-refractivity contribution in [2.75, 3.05) is 29.7 Å². The summed E-state index contributed by atoms with van der Waals surface area (Å²) in [6, 6.07) is 9.59. The SMILES string of the molecule is O=C=C1C(C(=O)NCc2ccc3c(c2)OCO3)N(c2cccnc2)CCN1c1cc(Cl)nc(-n2ccnc2)n1. The molecule has 1 atom stereocenters. The molecule has 2 aliphatic heterocycles. The van der Waals surface area contributed by atoms with Gasteiger partial charge in [0.1, 0.15) is 28.9 Å². The molecule has 1 unspecified atom stereocenters. The van der Waals surface area contributed by atoms with Crippen molar-refractivity contribution in [3.8, 4) is 17.4 Å². The molecular weight excluding hydrogens is 524 g/mol. The van der Waals surface area contributed by atoms with Crippen LogP contribution in [0.25, 0.3) is 5.95 Å². The van der Waals surface area contributed by atoms with Crippen LogP contribution in [0.4, 0.5) is 11.5 Å². The van der Waals surface area contributed by atoms with E-state index in [2.05, 4.69) is 25.3 Å². The minimum Gasteiger partial charge on any atom is -0.454 e. The second-order valence-electron chi connectivity index (χ2n) is 8.67. The first kappa shape index (κ1) is 24.4. The molecule has 4 aromatic rings. The highest BCUT2D eigenvalue weighted by atomic mass is 35.5. The van der Waals surface area contributed by atoms with Crippen molar-refractivity contribution in [1.82, 2.24) is 29.8 Å². The number of anilines is 2. The van der Waals surface area contributed by atoms with Crippen molar-refractivity contribution in [3.05, 3.63) is 83.9 Å². The number of fused-ring (bicyclic) bond motifs is 1. The molecule has 39 heavy (non-hydrogen) atoms. The Morgan fingerprint density at radius 3 is 2.79 bits per heavy atom. The van der Waals surface area contributed by atoms with Crippen LogP contribution in [0.1, 0.15) is 5.56 Å². The van der Waals surface area contributed by atoms with E-state index in [0.29, 0.717) is 36.1 Å². The first-order chi connectivity index (χ1) is 19.1. The number of ether oxygens (including phenoxy) is 2. The number of piperazine rings is 1. The van der Waals surface area contributed by atoms with Crippen molar-refractivity contribution < 1.29 is 19.1 Å². The Hall–Kier alpha value is -4.93. The van der Waals surface area contributed by atoms with Gasteiger partial charge in [-0.1, -0.05) is 17.7 Å². The number of hydrogen-bond acceptors (Lipinski definition) is 10. The normalized spacial score (nSPS) is 16.2. The van der Waals surface area contributed by atoms with Gasteiger partial charge in [-0.2, -0.15) is 4.98 Å². The fraction of sp³-hybridized carbons (Fsp3) is 0.192. The van der Waals surface area contributed by atoms with Crippen molar-refractivity contribution >= 4 is 35.0 Å². The number of carbonyl (C=O) groups is 1. The average Bonchev–Trinajstić information content (AvgIpc) is 3.68. The lowest BCUT2D eigenvalue weighted by Crippen LogP contribution is -2.58. The molecule has 0 bridgehead atoms. The van der Waals surface area contributed by atoms with E-state index in [1.165, 1.54) is 0 Å². The number of halogens is 1. The van der Waals surface area contributed by atoms with Crippen LogP contribution in [-0.2, 0) is 16.1 Å². The second kappa shape index (κ2) is 10.4. The van der Waals surface area contributed by atoms with Crippen molar-refractivity contribution in [2.45, 2.75) is 12.6 Å². The number of nitrogens with zero attached hydrogens (tertiary/aromatic N) is 7. The number of benzene rings is 1. The Labute approximate surface area is 227 Å². The maximum absolute atomic E-state index is 13.7. The predicted molar refractivity (Wildman–Crippen MR) is 140 cm³/mol. The summed E-state index contributed by atoms with van der Waals surface area (Å²) in [4.78, 5) is 46.7. The zero-order valence-electron chi connectivity index (χ0n) is 20.4. The summed E-state index contributed by atoms with van der Waals surface area (Å²) in [5.74, 6) is 3.51. The Morgan fingerprint density at radius 1 is 1.10 bits per heavy atom. The number of amides is 1. The van der Waals surface area contributed by atoms with E-state index in [1.54, 1.807) is 58.8 Å². The minimum atomic E-state index is -1.01. The van der Waals surface area contributed by atoms with Crippen molar-refractivity contribution in [2.24, 2.45) is 0 Å². The van der Waals surface area contributed by atoms with Gasteiger partial charge in [0.2, 0.25) is 18.6 Å². The number of pyridine rings is 1. The molecule has 3 aromatic heterocycles. The highest BCUT2D eigenvalue weighted by molar-refractivity contribution is 6.29. The molecule has 0 radical (unpaired) electrons. The Balaban J connectivity index is 1.32. The highest BCUT2D eigenvalue weighted by Gasteiger charge is 2.39. The van der Waals surface area contributed by atoms with Crippen LogP contribution < -0.4 is 24.6 Å². The van der Waals surface area contributed by atoms with Gasteiger partial charge in [-0.25, -0.2) is 14.8 Å². The summed E-state index contributed by atoms with van der Waals surface area (Å²) in [6.45, 7) is 1.10. The van der Waals surface area contributed by atoms with Crippen LogP contribution in [0.15, 0.2) is 73.2 Å². The van der Waals surface area contributed by atoms with Gasteiger partial charge >= 0.3 is 0 Å². The fourth-order valence-corrected chi connectivity index (χ4v) is 4.70. The summed E-state index contributed by atoms with van der Waals surface area (Å²) in [5, 5.41) is 3.12. The van der Waals surface area contributed by atoms with Gasteiger partial charge in [-0.15, -0.1) is 0 Å². The zero-order valence-corrected chi connectivity index (χ0v) is 21.2.